The molecule has 2 aromatic rings. The average molecular weight is 278 g/mol. The number of aliphatic hydroxyl groups is 1. The number of aromatic nitrogens is 1. The van der Waals surface area contributed by atoms with Crippen LogP contribution in [-0.4, -0.2) is 10.1 Å². The van der Waals surface area contributed by atoms with Crippen molar-refractivity contribution in [2.75, 3.05) is 0 Å². The third-order valence-electron chi connectivity index (χ3n) is 3.67. The van der Waals surface area contributed by atoms with Crippen molar-refractivity contribution in [3.8, 4) is 0 Å². The summed E-state index contributed by atoms with van der Waals surface area (Å²) in [6.07, 6.45) is 2.80. The Morgan fingerprint density at radius 2 is 2.21 bits per heavy atom. The smallest absolute Gasteiger partial charge is 0.141 e. The van der Waals surface area contributed by atoms with Crippen LogP contribution in [-0.2, 0) is 6.42 Å². The first-order valence-corrected chi connectivity index (χ1v) is 6.61. The number of nitrogens with zero attached hydrogens (tertiary/aromatic N) is 1. The minimum absolute atomic E-state index is 0.0378. The molecule has 4 heteroatoms. The van der Waals surface area contributed by atoms with Crippen molar-refractivity contribution in [2.24, 2.45) is 0 Å². The molecule has 2 nitrogen and oxygen atoms in total. The molecular formula is C15H13ClFNO. The van der Waals surface area contributed by atoms with Crippen LogP contribution in [0.15, 0.2) is 36.5 Å². The van der Waals surface area contributed by atoms with Crippen LogP contribution in [0.5, 0.6) is 0 Å². The van der Waals surface area contributed by atoms with Crippen LogP contribution in [0.2, 0.25) is 5.02 Å². The summed E-state index contributed by atoms with van der Waals surface area (Å²) in [6, 6.07) is 8.29. The Morgan fingerprint density at radius 3 is 3.00 bits per heavy atom. The molecule has 0 saturated heterocycles. The third-order valence-corrected chi connectivity index (χ3v) is 3.96. The van der Waals surface area contributed by atoms with Gasteiger partial charge in [0.05, 0.1) is 11.1 Å². The summed E-state index contributed by atoms with van der Waals surface area (Å²) in [6.45, 7) is 0. The fraction of sp³-hybridized carbons (Fsp3) is 0.267. The minimum atomic E-state index is -0.700. The summed E-state index contributed by atoms with van der Waals surface area (Å²) in [7, 11) is 0. The van der Waals surface area contributed by atoms with Crippen molar-refractivity contribution < 1.29 is 9.50 Å². The number of aryl methyl sites for hydroxylation is 1. The van der Waals surface area contributed by atoms with Gasteiger partial charge in [0, 0.05) is 17.8 Å². The Hall–Kier alpha value is -1.45. The van der Waals surface area contributed by atoms with E-state index in [1.165, 1.54) is 17.7 Å². The maximum atomic E-state index is 13.2. The number of hydrogen-bond acceptors (Lipinski definition) is 2. The Balaban J connectivity index is 1.93. The van der Waals surface area contributed by atoms with E-state index < -0.39 is 11.9 Å². The quantitative estimate of drug-likeness (QED) is 0.909. The molecule has 0 spiro atoms. The first-order chi connectivity index (χ1) is 9.16. The first-order valence-electron chi connectivity index (χ1n) is 6.23. The molecule has 1 aromatic carbocycles. The summed E-state index contributed by atoms with van der Waals surface area (Å²) >= 11 is 5.76. The third kappa shape index (κ3) is 2.24. The molecule has 1 heterocycles. The molecule has 0 amide bonds. The zero-order chi connectivity index (χ0) is 13.4. The summed E-state index contributed by atoms with van der Waals surface area (Å²) in [4.78, 5) is 4.36. The maximum absolute atomic E-state index is 13.2. The van der Waals surface area contributed by atoms with Crippen LogP contribution in [0.1, 0.15) is 35.3 Å². The average Bonchev–Trinajstić information content (AvgIpc) is 2.85. The molecule has 2 unspecified atom stereocenters. The van der Waals surface area contributed by atoms with Gasteiger partial charge in [-0.25, -0.2) is 4.39 Å². The second-order valence-electron chi connectivity index (χ2n) is 4.81. The van der Waals surface area contributed by atoms with Crippen molar-refractivity contribution in [2.45, 2.75) is 24.9 Å². The van der Waals surface area contributed by atoms with Gasteiger partial charge in [-0.2, -0.15) is 0 Å². The van der Waals surface area contributed by atoms with Crippen LogP contribution in [0.3, 0.4) is 0 Å². The molecule has 0 saturated carbocycles. The van der Waals surface area contributed by atoms with E-state index in [1.54, 1.807) is 12.3 Å². The van der Waals surface area contributed by atoms with Crippen LogP contribution in [0.25, 0.3) is 0 Å². The second kappa shape index (κ2) is 4.91. The molecule has 98 valence electrons. The highest BCUT2D eigenvalue weighted by atomic mass is 35.5. The summed E-state index contributed by atoms with van der Waals surface area (Å²) < 4.78 is 13.2. The number of hydrogen-bond donors (Lipinski definition) is 1. The lowest BCUT2D eigenvalue weighted by atomic mass is 9.93. The van der Waals surface area contributed by atoms with E-state index in [1.807, 2.05) is 12.1 Å². The maximum Gasteiger partial charge on any atom is 0.141 e. The van der Waals surface area contributed by atoms with E-state index in [-0.39, 0.29) is 10.9 Å². The normalized spacial score (nSPS) is 19.2. The SMILES string of the molecule is OC(c1ccc(F)c(Cl)c1)C1CCc2cccnc21. The van der Waals surface area contributed by atoms with Crippen LogP contribution in [0, 0.1) is 5.82 Å². The highest BCUT2D eigenvalue weighted by molar-refractivity contribution is 6.30. The molecule has 0 fully saturated rings. The van der Waals surface area contributed by atoms with E-state index >= 15 is 0 Å². The van der Waals surface area contributed by atoms with Gasteiger partial charge in [0.25, 0.3) is 0 Å². The molecule has 1 N–H and O–H groups in total. The summed E-state index contributed by atoms with van der Waals surface area (Å²) in [5, 5.41) is 10.5. The molecule has 1 aromatic heterocycles. The number of halogens is 2. The molecule has 3 rings (SSSR count). The van der Waals surface area contributed by atoms with E-state index in [4.69, 9.17) is 11.6 Å². The van der Waals surface area contributed by atoms with Gasteiger partial charge in [-0.05, 0) is 42.2 Å². The lowest BCUT2D eigenvalue weighted by molar-refractivity contribution is 0.143. The van der Waals surface area contributed by atoms with E-state index in [2.05, 4.69) is 4.98 Å². The number of aliphatic hydroxyl groups excluding tert-OH is 1. The van der Waals surface area contributed by atoms with E-state index in [0.717, 1.165) is 18.5 Å². The first kappa shape index (κ1) is 12.6. The van der Waals surface area contributed by atoms with Crippen LogP contribution < -0.4 is 0 Å². The monoisotopic (exact) mass is 277 g/mol. The summed E-state index contributed by atoms with van der Waals surface area (Å²) in [5.41, 5.74) is 2.75. The molecule has 1 aliphatic carbocycles. The van der Waals surface area contributed by atoms with Gasteiger partial charge in [-0.15, -0.1) is 0 Å². The van der Waals surface area contributed by atoms with Gasteiger partial charge in [-0.1, -0.05) is 23.7 Å². The fourth-order valence-electron chi connectivity index (χ4n) is 2.68. The van der Waals surface area contributed by atoms with E-state index in [9.17, 15) is 9.50 Å². The van der Waals surface area contributed by atoms with Crippen molar-refractivity contribution in [1.82, 2.24) is 4.98 Å². The number of pyridine rings is 1. The van der Waals surface area contributed by atoms with Gasteiger partial charge < -0.3 is 5.11 Å². The number of rotatable bonds is 2. The van der Waals surface area contributed by atoms with Gasteiger partial charge in [0.15, 0.2) is 0 Å². The molecular weight excluding hydrogens is 265 g/mol. The van der Waals surface area contributed by atoms with Crippen LogP contribution in [0.4, 0.5) is 4.39 Å². The highest BCUT2D eigenvalue weighted by Crippen LogP contribution is 2.40. The van der Waals surface area contributed by atoms with Crippen molar-refractivity contribution in [1.29, 1.82) is 0 Å². The Labute approximate surface area is 115 Å². The predicted molar refractivity (Wildman–Crippen MR) is 71.7 cm³/mol. The fourth-order valence-corrected chi connectivity index (χ4v) is 2.87. The topological polar surface area (TPSA) is 33.1 Å². The van der Waals surface area contributed by atoms with Gasteiger partial charge in [-0.3, -0.25) is 4.98 Å². The van der Waals surface area contributed by atoms with E-state index in [0.29, 0.717) is 5.56 Å². The highest BCUT2D eigenvalue weighted by Gasteiger charge is 2.30. The Morgan fingerprint density at radius 1 is 1.37 bits per heavy atom. The number of benzene rings is 1. The predicted octanol–water partition coefficient (Wildman–Crippen LogP) is 3.64. The van der Waals surface area contributed by atoms with Crippen molar-refractivity contribution in [3.63, 3.8) is 0 Å². The molecule has 0 bridgehead atoms. The zero-order valence-corrected chi connectivity index (χ0v) is 10.9. The number of fused-ring (bicyclic) bond motifs is 1. The van der Waals surface area contributed by atoms with Gasteiger partial charge >= 0.3 is 0 Å². The Bertz CT molecular complexity index is 617. The zero-order valence-electron chi connectivity index (χ0n) is 10.2. The molecule has 0 aliphatic heterocycles. The molecule has 0 radical (unpaired) electrons. The lowest BCUT2D eigenvalue weighted by Gasteiger charge is -2.19. The minimum Gasteiger partial charge on any atom is -0.388 e. The lowest BCUT2D eigenvalue weighted by Crippen LogP contribution is -2.09. The van der Waals surface area contributed by atoms with Gasteiger partial charge in [0.2, 0.25) is 0 Å². The van der Waals surface area contributed by atoms with Gasteiger partial charge in [0.1, 0.15) is 5.82 Å². The standard InChI is InChI=1S/C15H13ClFNO/c16-12-8-10(4-6-13(12)17)15(19)11-5-3-9-2-1-7-18-14(9)11/h1-2,4,6-8,11,15,19H,3,5H2. The molecule has 2 atom stereocenters. The summed E-state index contributed by atoms with van der Waals surface area (Å²) in [5.74, 6) is -0.514. The largest absolute Gasteiger partial charge is 0.388 e. The van der Waals surface area contributed by atoms with Crippen molar-refractivity contribution >= 4 is 11.6 Å². The Kier molecular flexibility index (Phi) is 3.25. The molecule has 19 heavy (non-hydrogen) atoms. The molecule has 1 aliphatic rings. The van der Waals surface area contributed by atoms with Crippen LogP contribution >= 0.6 is 11.6 Å². The van der Waals surface area contributed by atoms with Crippen molar-refractivity contribution in [3.05, 3.63) is 64.2 Å². The second-order valence-corrected chi connectivity index (χ2v) is 5.22.